The van der Waals surface area contributed by atoms with Gasteiger partial charge in [-0.2, -0.15) is 0 Å². The van der Waals surface area contributed by atoms with Crippen LogP contribution in [-0.4, -0.2) is 53.6 Å². The van der Waals surface area contributed by atoms with Gasteiger partial charge in [0.1, 0.15) is 0 Å². The molecule has 2 unspecified atom stereocenters. The Labute approximate surface area is 168 Å². The molecule has 1 N–H and O–H groups in total. The van der Waals surface area contributed by atoms with Crippen LogP contribution in [-0.2, 0) is 4.74 Å². The molecule has 2 aromatic heterocycles. The monoisotopic (exact) mass is 396 g/mol. The molecule has 0 saturated carbocycles. The van der Waals surface area contributed by atoms with E-state index in [1.165, 1.54) is 0 Å². The standard InChI is InChI=1S/C21H21ClN4O2/c1-26-8-9-28-19(13-26)20(14-2-4-16(22)5-3-14)25-21(27)18-12-24-11-15-10-23-7-6-17(15)18/h2-7,10-12,19-20H,8-9,13H2,1H3,(H,25,27). The minimum absolute atomic E-state index is 0.159. The number of hydrogen-bond acceptors (Lipinski definition) is 5. The number of nitrogens with zero attached hydrogens (tertiary/aromatic N) is 3. The lowest BCUT2D eigenvalue weighted by Gasteiger charge is -2.35. The average Bonchev–Trinajstić information content (AvgIpc) is 2.72. The molecule has 3 aromatic rings. The maximum Gasteiger partial charge on any atom is 0.254 e. The van der Waals surface area contributed by atoms with E-state index in [2.05, 4.69) is 27.2 Å². The third-order valence-corrected chi connectivity index (χ3v) is 5.24. The number of benzene rings is 1. The summed E-state index contributed by atoms with van der Waals surface area (Å²) >= 11 is 6.05. The molecule has 0 bridgehead atoms. The number of halogens is 1. The largest absolute Gasteiger partial charge is 0.373 e. The van der Waals surface area contributed by atoms with Crippen molar-refractivity contribution in [2.24, 2.45) is 0 Å². The van der Waals surface area contributed by atoms with Gasteiger partial charge in [-0.3, -0.25) is 14.8 Å². The van der Waals surface area contributed by atoms with E-state index in [4.69, 9.17) is 16.3 Å². The molecule has 1 aromatic carbocycles. The first kappa shape index (κ1) is 18.8. The summed E-state index contributed by atoms with van der Waals surface area (Å²) in [5.74, 6) is -0.193. The first-order chi connectivity index (χ1) is 13.6. The van der Waals surface area contributed by atoms with E-state index in [9.17, 15) is 4.79 Å². The second kappa shape index (κ2) is 8.22. The van der Waals surface area contributed by atoms with E-state index in [-0.39, 0.29) is 18.1 Å². The summed E-state index contributed by atoms with van der Waals surface area (Å²) < 4.78 is 6.00. The molecule has 2 atom stereocenters. The van der Waals surface area contributed by atoms with E-state index in [1.807, 2.05) is 30.3 Å². The van der Waals surface area contributed by atoms with E-state index >= 15 is 0 Å². The van der Waals surface area contributed by atoms with E-state index in [0.717, 1.165) is 29.4 Å². The van der Waals surface area contributed by atoms with Gasteiger partial charge in [-0.1, -0.05) is 23.7 Å². The number of fused-ring (bicyclic) bond motifs is 1. The Kier molecular flexibility index (Phi) is 5.52. The zero-order chi connectivity index (χ0) is 19.5. The fraction of sp³-hybridized carbons (Fsp3) is 0.286. The van der Waals surface area contributed by atoms with Gasteiger partial charge >= 0.3 is 0 Å². The van der Waals surface area contributed by atoms with Gasteiger partial charge < -0.3 is 15.0 Å². The number of morpholine rings is 1. The minimum atomic E-state index is -0.301. The maximum atomic E-state index is 13.2. The highest BCUT2D eigenvalue weighted by molar-refractivity contribution is 6.30. The molecule has 1 aliphatic rings. The van der Waals surface area contributed by atoms with Gasteiger partial charge in [-0.05, 0) is 30.8 Å². The summed E-state index contributed by atoms with van der Waals surface area (Å²) in [5.41, 5.74) is 1.47. The van der Waals surface area contributed by atoms with Crippen molar-refractivity contribution >= 4 is 28.3 Å². The molecule has 4 rings (SSSR count). The lowest BCUT2D eigenvalue weighted by Crippen LogP contribution is -2.48. The second-order valence-electron chi connectivity index (χ2n) is 6.96. The quantitative estimate of drug-likeness (QED) is 0.734. The molecular formula is C21H21ClN4O2. The Morgan fingerprint density at radius 1 is 1.21 bits per heavy atom. The van der Waals surface area contributed by atoms with Crippen LogP contribution < -0.4 is 5.32 Å². The van der Waals surface area contributed by atoms with Crippen molar-refractivity contribution in [3.63, 3.8) is 0 Å². The Hall–Kier alpha value is -2.54. The lowest BCUT2D eigenvalue weighted by atomic mass is 9.99. The topological polar surface area (TPSA) is 67.3 Å². The first-order valence-corrected chi connectivity index (χ1v) is 9.54. The molecule has 1 aliphatic heterocycles. The third-order valence-electron chi connectivity index (χ3n) is 4.99. The van der Waals surface area contributed by atoms with Gasteiger partial charge in [0.25, 0.3) is 5.91 Å². The van der Waals surface area contributed by atoms with Crippen LogP contribution in [0.2, 0.25) is 5.02 Å². The third kappa shape index (κ3) is 3.99. The number of nitrogens with one attached hydrogen (secondary N) is 1. The van der Waals surface area contributed by atoms with E-state index < -0.39 is 0 Å². The molecule has 3 heterocycles. The average molecular weight is 397 g/mol. The number of aromatic nitrogens is 2. The predicted octanol–water partition coefficient (Wildman–Crippen LogP) is 3.08. The Morgan fingerprint density at radius 3 is 2.79 bits per heavy atom. The molecule has 6 nitrogen and oxygen atoms in total. The zero-order valence-corrected chi connectivity index (χ0v) is 16.3. The fourth-order valence-corrected chi connectivity index (χ4v) is 3.62. The van der Waals surface area contributed by atoms with Crippen LogP contribution in [0.5, 0.6) is 0 Å². The van der Waals surface area contributed by atoms with Gasteiger partial charge in [-0.25, -0.2) is 0 Å². The van der Waals surface area contributed by atoms with E-state index in [1.54, 1.807) is 24.8 Å². The highest BCUT2D eigenvalue weighted by Crippen LogP contribution is 2.25. The normalized spacial score (nSPS) is 18.7. The summed E-state index contributed by atoms with van der Waals surface area (Å²) in [6.45, 7) is 2.23. The summed E-state index contributed by atoms with van der Waals surface area (Å²) in [5, 5.41) is 5.46. The van der Waals surface area contributed by atoms with Crippen LogP contribution in [0.15, 0.2) is 55.1 Å². The van der Waals surface area contributed by atoms with Crippen LogP contribution in [0, 0.1) is 0 Å². The van der Waals surface area contributed by atoms with Gasteiger partial charge in [0, 0.05) is 53.7 Å². The zero-order valence-electron chi connectivity index (χ0n) is 15.5. The molecule has 28 heavy (non-hydrogen) atoms. The molecule has 7 heteroatoms. The summed E-state index contributed by atoms with van der Waals surface area (Å²) in [7, 11) is 2.05. The summed E-state index contributed by atoms with van der Waals surface area (Å²) in [6, 6.07) is 9.03. The number of likely N-dealkylation sites (N-methyl/N-ethyl adjacent to an activating group) is 1. The van der Waals surface area contributed by atoms with Crippen molar-refractivity contribution in [3.05, 3.63) is 71.3 Å². The number of pyridine rings is 2. The number of rotatable bonds is 4. The molecular weight excluding hydrogens is 376 g/mol. The van der Waals surface area contributed by atoms with Gasteiger partial charge in [0.2, 0.25) is 0 Å². The molecule has 144 valence electrons. The molecule has 1 amide bonds. The Morgan fingerprint density at radius 2 is 2.00 bits per heavy atom. The predicted molar refractivity (Wildman–Crippen MR) is 108 cm³/mol. The van der Waals surface area contributed by atoms with Crippen LogP contribution in [0.1, 0.15) is 22.0 Å². The smallest absolute Gasteiger partial charge is 0.254 e. The van der Waals surface area contributed by atoms with Crippen molar-refractivity contribution in [2.75, 3.05) is 26.7 Å². The number of hydrogen-bond donors (Lipinski definition) is 1. The molecule has 0 spiro atoms. The maximum absolute atomic E-state index is 13.2. The second-order valence-corrected chi connectivity index (χ2v) is 7.39. The van der Waals surface area contributed by atoms with Crippen LogP contribution in [0.25, 0.3) is 10.8 Å². The van der Waals surface area contributed by atoms with E-state index in [0.29, 0.717) is 17.2 Å². The lowest BCUT2D eigenvalue weighted by molar-refractivity contribution is -0.0380. The first-order valence-electron chi connectivity index (χ1n) is 9.16. The van der Waals surface area contributed by atoms with Crippen LogP contribution >= 0.6 is 11.6 Å². The number of ether oxygens (including phenoxy) is 1. The van der Waals surface area contributed by atoms with Crippen molar-refractivity contribution < 1.29 is 9.53 Å². The number of amides is 1. The van der Waals surface area contributed by atoms with Gasteiger partial charge in [0.05, 0.1) is 24.3 Å². The van der Waals surface area contributed by atoms with Crippen molar-refractivity contribution in [1.29, 1.82) is 0 Å². The van der Waals surface area contributed by atoms with Crippen LogP contribution in [0.3, 0.4) is 0 Å². The molecule has 1 saturated heterocycles. The molecule has 0 aliphatic carbocycles. The molecule has 0 radical (unpaired) electrons. The van der Waals surface area contributed by atoms with Crippen LogP contribution in [0.4, 0.5) is 0 Å². The Bertz CT molecular complexity index is 974. The van der Waals surface area contributed by atoms with Crippen molar-refractivity contribution in [3.8, 4) is 0 Å². The summed E-state index contributed by atoms with van der Waals surface area (Å²) in [6.07, 6.45) is 6.51. The highest BCUT2D eigenvalue weighted by atomic mass is 35.5. The van der Waals surface area contributed by atoms with Crippen molar-refractivity contribution in [2.45, 2.75) is 12.1 Å². The number of carbonyl (C=O) groups is 1. The van der Waals surface area contributed by atoms with Gasteiger partial charge in [0.15, 0.2) is 0 Å². The SMILES string of the molecule is CN1CCOC(C(NC(=O)c2cncc3cnccc23)c2ccc(Cl)cc2)C1. The highest BCUT2D eigenvalue weighted by Gasteiger charge is 2.30. The fourth-order valence-electron chi connectivity index (χ4n) is 3.49. The van der Waals surface area contributed by atoms with Crippen molar-refractivity contribution in [1.82, 2.24) is 20.2 Å². The minimum Gasteiger partial charge on any atom is -0.373 e. The van der Waals surface area contributed by atoms with Gasteiger partial charge in [-0.15, -0.1) is 0 Å². The Balaban J connectivity index is 1.66. The summed E-state index contributed by atoms with van der Waals surface area (Å²) in [4.78, 5) is 23.7. The molecule has 1 fully saturated rings. The number of carbonyl (C=O) groups excluding carboxylic acids is 1.